The molecule has 3 nitrogen and oxygen atoms in total. The van der Waals surface area contributed by atoms with Crippen LogP contribution < -0.4 is 3.71 Å². The number of pyridine rings is 1. The summed E-state index contributed by atoms with van der Waals surface area (Å²) in [7, 11) is 0. The molecule has 1 N–H and O–H groups in total. The van der Waals surface area contributed by atoms with Crippen LogP contribution in [-0.4, -0.2) is 37.2 Å². The van der Waals surface area contributed by atoms with Crippen molar-refractivity contribution in [2.24, 2.45) is 0 Å². The summed E-state index contributed by atoms with van der Waals surface area (Å²) in [6, 6.07) is 3.33. The summed E-state index contributed by atoms with van der Waals surface area (Å²) in [6.45, 7) is 3.96. The molecule has 1 heterocycles. The minimum atomic E-state index is -0.859. The van der Waals surface area contributed by atoms with Gasteiger partial charge in [0, 0.05) is 0 Å². The second kappa shape index (κ2) is 4.60. The Labute approximate surface area is 87.4 Å². The average Bonchev–Trinajstić information content (AvgIpc) is 2.03. The van der Waals surface area contributed by atoms with E-state index in [-0.39, 0.29) is 0 Å². The van der Waals surface area contributed by atoms with Crippen LogP contribution in [-0.2, 0) is 0 Å². The Morgan fingerprint density at radius 1 is 1.62 bits per heavy atom. The van der Waals surface area contributed by atoms with Crippen molar-refractivity contribution >= 4 is 30.8 Å². The van der Waals surface area contributed by atoms with Crippen LogP contribution in [0.4, 0.5) is 0 Å². The molecule has 4 heteroatoms. The standard InChI is InChI=1S/C7H6NO2.C2H5.Sn/c1-5-4-6(7(9)10)2-3-8-5;1-2;/h2,4H,1H3,(H,9,10);1H2,2H3;. The molecule has 1 aromatic heterocycles. The molecule has 1 aromatic rings. The van der Waals surface area contributed by atoms with Gasteiger partial charge in [-0.1, -0.05) is 0 Å². The van der Waals surface area contributed by atoms with Crippen molar-refractivity contribution in [1.29, 1.82) is 0 Å². The maximum atomic E-state index is 10.7. The molecule has 0 unspecified atom stereocenters. The van der Waals surface area contributed by atoms with Gasteiger partial charge in [-0.2, -0.15) is 0 Å². The zero-order valence-electron chi connectivity index (χ0n) is 7.66. The Morgan fingerprint density at radius 2 is 2.31 bits per heavy atom. The van der Waals surface area contributed by atoms with Crippen molar-refractivity contribution in [3.8, 4) is 0 Å². The van der Waals surface area contributed by atoms with Crippen LogP contribution in [0.1, 0.15) is 23.0 Å². The van der Waals surface area contributed by atoms with Crippen LogP contribution in [0.3, 0.4) is 0 Å². The van der Waals surface area contributed by atoms with Crippen LogP contribution in [0, 0.1) is 6.92 Å². The van der Waals surface area contributed by atoms with Gasteiger partial charge in [0.2, 0.25) is 0 Å². The molecule has 0 saturated carbocycles. The number of hydrogen-bond donors (Lipinski definition) is 1. The van der Waals surface area contributed by atoms with Gasteiger partial charge in [-0.25, -0.2) is 0 Å². The summed E-state index contributed by atoms with van der Waals surface area (Å²) < 4.78 is 2.18. The van der Waals surface area contributed by atoms with E-state index in [9.17, 15) is 4.79 Å². The fraction of sp³-hybridized carbons (Fsp3) is 0.333. The molecule has 0 amide bonds. The third-order valence-corrected chi connectivity index (χ3v) is 4.33. The summed E-state index contributed by atoms with van der Waals surface area (Å²) in [5.74, 6) is -0.859. The average molecular weight is 284 g/mol. The predicted molar refractivity (Wildman–Crippen MR) is 51.8 cm³/mol. The van der Waals surface area contributed by atoms with Crippen LogP contribution in [0.25, 0.3) is 0 Å². The second-order valence-electron chi connectivity index (χ2n) is 2.72. The first kappa shape index (κ1) is 10.5. The van der Waals surface area contributed by atoms with E-state index in [0.717, 1.165) is 13.8 Å². The van der Waals surface area contributed by atoms with E-state index in [0.29, 0.717) is 5.56 Å². The van der Waals surface area contributed by atoms with Gasteiger partial charge < -0.3 is 0 Å². The van der Waals surface area contributed by atoms with Gasteiger partial charge in [0.1, 0.15) is 0 Å². The number of nitrogens with zero attached hydrogens (tertiary/aromatic N) is 1. The fourth-order valence-electron chi connectivity index (χ4n) is 1.06. The normalized spacial score (nSPS) is 10.0. The van der Waals surface area contributed by atoms with E-state index in [1.807, 2.05) is 6.92 Å². The summed E-state index contributed by atoms with van der Waals surface area (Å²) >= 11 is -0.616. The molecule has 0 aliphatic heterocycles. The van der Waals surface area contributed by atoms with Gasteiger partial charge >= 0.3 is 87.4 Å². The first-order chi connectivity index (χ1) is 6.13. The molecular formula is C9H11NO2Sn. The monoisotopic (exact) mass is 285 g/mol. The van der Waals surface area contributed by atoms with Crippen molar-refractivity contribution in [2.75, 3.05) is 0 Å². The Balaban J connectivity index is 3.03. The molecule has 1 rings (SSSR count). The Morgan fingerprint density at radius 3 is 2.85 bits per heavy atom. The van der Waals surface area contributed by atoms with Crippen LogP contribution >= 0.6 is 0 Å². The van der Waals surface area contributed by atoms with Gasteiger partial charge in [-0.15, -0.1) is 0 Å². The SMILES string of the molecule is C[CH2][Sn][c]1cc(C(=O)O)cc(C)n1. The second-order valence-corrected chi connectivity index (χ2v) is 7.21. The zero-order chi connectivity index (χ0) is 9.84. The molecule has 0 aromatic carbocycles. The molecule has 0 saturated heterocycles. The van der Waals surface area contributed by atoms with E-state index in [2.05, 4.69) is 11.9 Å². The van der Waals surface area contributed by atoms with Crippen molar-refractivity contribution in [3.05, 3.63) is 23.4 Å². The molecule has 0 aliphatic carbocycles. The topological polar surface area (TPSA) is 50.2 Å². The molecule has 68 valence electrons. The number of aryl methyl sites for hydroxylation is 1. The van der Waals surface area contributed by atoms with Crippen molar-refractivity contribution in [1.82, 2.24) is 4.98 Å². The quantitative estimate of drug-likeness (QED) is 0.837. The third kappa shape index (κ3) is 2.99. The van der Waals surface area contributed by atoms with Gasteiger partial charge in [0.15, 0.2) is 0 Å². The van der Waals surface area contributed by atoms with Crippen molar-refractivity contribution in [2.45, 2.75) is 18.3 Å². The molecule has 13 heavy (non-hydrogen) atoms. The van der Waals surface area contributed by atoms with Gasteiger partial charge in [-0.3, -0.25) is 0 Å². The number of rotatable bonds is 3. The van der Waals surface area contributed by atoms with E-state index < -0.39 is 27.1 Å². The molecule has 2 radical (unpaired) electrons. The number of aromatic nitrogens is 1. The van der Waals surface area contributed by atoms with E-state index in [1.165, 1.54) is 0 Å². The maximum absolute atomic E-state index is 10.7. The third-order valence-electron chi connectivity index (χ3n) is 1.56. The molecule has 0 fully saturated rings. The first-order valence-corrected chi connectivity index (χ1v) is 7.54. The fourth-order valence-corrected chi connectivity index (χ4v) is 3.56. The summed E-state index contributed by atoms with van der Waals surface area (Å²) in [6.07, 6.45) is 0. The van der Waals surface area contributed by atoms with Crippen LogP contribution in [0.15, 0.2) is 12.1 Å². The predicted octanol–water partition coefficient (Wildman–Crippen LogP) is 0.856. The summed E-state index contributed by atoms with van der Waals surface area (Å²) in [4.78, 5) is 15.0. The summed E-state index contributed by atoms with van der Waals surface area (Å²) in [5.41, 5.74) is 1.18. The Kier molecular flexibility index (Phi) is 3.71. The van der Waals surface area contributed by atoms with Crippen molar-refractivity contribution < 1.29 is 9.90 Å². The molecule has 0 atom stereocenters. The number of carboxylic acid groups (broad SMARTS) is 1. The van der Waals surface area contributed by atoms with E-state index in [4.69, 9.17) is 5.11 Å². The van der Waals surface area contributed by atoms with Crippen molar-refractivity contribution in [3.63, 3.8) is 0 Å². The molecule has 0 aliphatic rings. The zero-order valence-corrected chi connectivity index (χ0v) is 10.5. The van der Waals surface area contributed by atoms with Gasteiger partial charge in [0.25, 0.3) is 0 Å². The summed E-state index contributed by atoms with van der Waals surface area (Å²) in [5, 5.41) is 8.79. The Hall–Kier alpha value is -0.581. The minimum absolute atomic E-state index is 0.372. The van der Waals surface area contributed by atoms with E-state index in [1.54, 1.807) is 12.1 Å². The van der Waals surface area contributed by atoms with Crippen LogP contribution in [0.5, 0.6) is 0 Å². The molecular weight excluding hydrogens is 273 g/mol. The van der Waals surface area contributed by atoms with E-state index >= 15 is 0 Å². The number of carbonyl (C=O) groups is 1. The number of carboxylic acids is 1. The Bertz CT molecular complexity index is 325. The first-order valence-electron chi connectivity index (χ1n) is 4.09. The molecule has 0 bridgehead atoms. The number of aromatic carboxylic acids is 1. The van der Waals surface area contributed by atoms with Gasteiger partial charge in [0.05, 0.1) is 0 Å². The number of hydrogen-bond acceptors (Lipinski definition) is 2. The molecule has 0 spiro atoms. The van der Waals surface area contributed by atoms with Gasteiger partial charge in [-0.05, 0) is 0 Å². The van der Waals surface area contributed by atoms with Crippen LogP contribution in [0.2, 0.25) is 4.44 Å².